The van der Waals surface area contributed by atoms with E-state index in [9.17, 15) is 4.79 Å². The Bertz CT molecular complexity index is 526. The van der Waals surface area contributed by atoms with Gasteiger partial charge >= 0.3 is 0 Å². The van der Waals surface area contributed by atoms with Crippen molar-refractivity contribution >= 4 is 27.7 Å². The van der Waals surface area contributed by atoms with Gasteiger partial charge in [-0.1, -0.05) is 0 Å². The normalized spacial score (nSPS) is 10.6. The van der Waals surface area contributed by atoms with Crippen LogP contribution in [0.15, 0.2) is 12.1 Å². The van der Waals surface area contributed by atoms with E-state index in [1.54, 1.807) is 7.11 Å². The van der Waals surface area contributed by atoms with E-state index in [-0.39, 0.29) is 0 Å². The first kappa shape index (κ1) is 10.2. The molecule has 2 nitrogen and oxygen atoms in total. The molecule has 2 aromatic rings. The highest BCUT2D eigenvalue weighted by atomic mass is 32.1. The number of carbonyl (C=O) groups excluding carboxylic acids is 1. The van der Waals surface area contributed by atoms with E-state index in [0.717, 1.165) is 16.4 Å². The highest BCUT2D eigenvalue weighted by Gasteiger charge is 2.12. The molecule has 0 spiro atoms. The lowest BCUT2D eigenvalue weighted by Crippen LogP contribution is -1.85. The summed E-state index contributed by atoms with van der Waals surface area (Å²) >= 11 is 1.48. The van der Waals surface area contributed by atoms with E-state index in [2.05, 4.69) is 26.0 Å². The van der Waals surface area contributed by atoms with Crippen LogP contribution < -0.4 is 4.74 Å². The van der Waals surface area contributed by atoms with Crippen LogP contribution in [-0.4, -0.2) is 13.4 Å². The maximum atomic E-state index is 10.9. The molecule has 0 aliphatic rings. The number of carbonyl (C=O) groups is 1. The van der Waals surface area contributed by atoms with Crippen molar-refractivity contribution in [2.24, 2.45) is 0 Å². The van der Waals surface area contributed by atoms with Gasteiger partial charge in [0.2, 0.25) is 0 Å². The van der Waals surface area contributed by atoms with Gasteiger partial charge in [-0.15, -0.1) is 11.3 Å². The van der Waals surface area contributed by atoms with E-state index in [1.165, 1.54) is 22.5 Å². The molecule has 0 N–H and O–H groups in total. The maximum absolute atomic E-state index is 10.9. The highest BCUT2D eigenvalue weighted by Crippen LogP contribution is 2.37. The zero-order valence-electron chi connectivity index (χ0n) is 8.96. The molecule has 0 unspecified atom stereocenters. The van der Waals surface area contributed by atoms with Gasteiger partial charge in [0.15, 0.2) is 6.29 Å². The van der Waals surface area contributed by atoms with Crippen molar-refractivity contribution in [3.8, 4) is 5.75 Å². The largest absolute Gasteiger partial charge is 0.494 e. The van der Waals surface area contributed by atoms with Crippen LogP contribution in [0.4, 0.5) is 0 Å². The molecule has 1 aromatic heterocycles. The smallest absolute Gasteiger partial charge is 0.163 e. The number of benzene rings is 1. The first-order valence-corrected chi connectivity index (χ1v) is 5.52. The van der Waals surface area contributed by atoms with Crippen molar-refractivity contribution in [1.82, 2.24) is 0 Å². The molecule has 0 bridgehead atoms. The van der Waals surface area contributed by atoms with Crippen molar-refractivity contribution in [2.75, 3.05) is 7.11 Å². The summed E-state index contributed by atoms with van der Waals surface area (Å²) in [5, 5.41) is 1.03. The van der Waals surface area contributed by atoms with E-state index in [4.69, 9.17) is 4.74 Å². The zero-order valence-corrected chi connectivity index (χ0v) is 9.77. The Kier molecular flexibility index (Phi) is 2.49. The number of aldehydes is 1. The third-order valence-corrected chi connectivity index (χ3v) is 3.65. The Morgan fingerprint density at radius 3 is 2.53 bits per heavy atom. The lowest BCUT2D eigenvalue weighted by atomic mass is 10.1. The number of fused-ring (bicyclic) bond motifs is 1. The monoisotopic (exact) mass is 220 g/mol. The van der Waals surface area contributed by atoms with E-state index < -0.39 is 0 Å². The first-order chi connectivity index (χ1) is 7.17. The number of hydrogen-bond donors (Lipinski definition) is 0. The van der Waals surface area contributed by atoms with Gasteiger partial charge in [0.1, 0.15) is 10.6 Å². The second-order valence-electron chi connectivity index (χ2n) is 3.55. The SMILES string of the molecule is COc1c(C=O)sc2cc(C)c(C)cc12. The van der Waals surface area contributed by atoms with Crippen LogP contribution >= 0.6 is 11.3 Å². The van der Waals surface area contributed by atoms with Crippen LogP contribution in [0, 0.1) is 13.8 Å². The topological polar surface area (TPSA) is 26.3 Å². The van der Waals surface area contributed by atoms with E-state index >= 15 is 0 Å². The van der Waals surface area contributed by atoms with Crippen molar-refractivity contribution in [2.45, 2.75) is 13.8 Å². The lowest BCUT2D eigenvalue weighted by Gasteiger charge is -2.01. The van der Waals surface area contributed by atoms with Crippen LogP contribution in [-0.2, 0) is 0 Å². The Balaban J connectivity index is 2.83. The Morgan fingerprint density at radius 1 is 1.27 bits per heavy atom. The van der Waals surface area contributed by atoms with Crippen LogP contribution in [0.2, 0.25) is 0 Å². The second-order valence-corrected chi connectivity index (χ2v) is 4.63. The number of thiophene rings is 1. The molecule has 0 atom stereocenters. The van der Waals surface area contributed by atoms with Crippen molar-refractivity contribution in [1.29, 1.82) is 0 Å². The zero-order chi connectivity index (χ0) is 11.0. The molecule has 1 aromatic carbocycles. The summed E-state index contributed by atoms with van der Waals surface area (Å²) in [4.78, 5) is 11.5. The molecule has 0 aliphatic carbocycles. The van der Waals surface area contributed by atoms with Gasteiger partial charge in [0.25, 0.3) is 0 Å². The fraction of sp³-hybridized carbons (Fsp3) is 0.250. The van der Waals surface area contributed by atoms with Gasteiger partial charge in [-0.25, -0.2) is 0 Å². The van der Waals surface area contributed by atoms with Crippen molar-refractivity contribution in [3.63, 3.8) is 0 Å². The molecule has 0 saturated heterocycles. The fourth-order valence-electron chi connectivity index (χ4n) is 1.64. The van der Waals surface area contributed by atoms with E-state index in [1.807, 2.05) is 0 Å². The summed E-state index contributed by atoms with van der Waals surface area (Å²) in [6.07, 6.45) is 0.855. The van der Waals surface area contributed by atoms with Crippen LogP contribution in [0.25, 0.3) is 10.1 Å². The molecule has 2 rings (SSSR count). The minimum atomic E-state index is 0.664. The number of ether oxygens (including phenoxy) is 1. The molecule has 0 amide bonds. The Labute approximate surface area is 92.5 Å². The highest BCUT2D eigenvalue weighted by molar-refractivity contribution is 7.21. The molecular formula is C12H12O2S. The molecule has 0 fully saturated rings. The van der Waals surface area contributed by atoms with Gasteiger partial charge in [-0.3, -0.25) is 4.79 Å². The molecule has 0 radical (unpaired) electrons. The third kappa shape index (κ3) is 1.53. The molecular weight excluding hydrogens is 208 g/mol. The summed E-state index contributed by atoms with van der Waals surface area (Å²) in [6, 6.07) is 4.18. The number of hydrogen-bond acceptors (Lipinski definition) is 3. The summed E-state index contributed by atoms with van der Waals surface area (Å²) in [7, 11) is 1.60. The third-order valence-electron chi connectivity index (χ3n) is 2.60. The average Bonchev–Trinajstić information content (AvgIpc) is 2.56. The Morgan fingerprint density at radius 2 is 1.93 bits per heavy atom. The molecule has 1 heterocycles. The predicted molar refractivity (Wildman–Crippen MR) is 63.2 cm³/mol. The van der Waals surface area contributed by atoms with Gasteiger partial charge in [0.05, 0.1) is 7.11 Å². The van der Waals surface area contributed by atoms with Crippen LogP contribution in [0.5, 0.6) is 5.75 Å². The summed E-state index contributed by atoms with van der Waals surface area (Å²) in [6.45, 7) is 4.13. The minimum Gasteiger partial charge on any atom is -0.494 e. The Hall–Kier alpha value is -1.35. The van der Waals surface area contributed by atoms with Crippen LogP contribution in [0.1, 0.15) is 20.8 Å². The fourth-order valence-corrected chi connectivity index (χ4v) is 2.71. The number of rotatable bonds is 2. The summed E-state index contributed by atoms with van der Waals surface area (Å²) < 4.78 is 6.37. The molecule has 3 heteroatoms. The standard InChI is InChI=1S/C12H12O2S/c1-7-4-9-10(5-8(7)2)15-11(6-13)12(9)14-3/h4-6H,1-3H3. The molecule has 78 valence electrons. The number of methoxy groups -OCH3 is 1. The average molecular weight is 220 g/mol. The summed E-state index contributed by atoms with van der Waals surface area (Å²) in [5.41, 5.74) is 2.46. The van der Waals surface area contributed by atoms with Crippen molar-refractivity contribution < 1.29 is 9.53 Å². The van der Waals surface area contributed by atoms with Crippen LogP contribution in [0.3, 0.4) is 0 Å². The second kappa shape index (κ2) is 3.66. The molecule has 15 heavy (non-hydrogen) atoms. The molecule has 0 aliphatic heterocycles. The van der Waals surface area contributed by atoms with E-state index in [0.29, 0.717) is 10.6 Å². The molecule has 0 saturated carbocycles. The lowest BCUT2D eigenvalue weighted by molar-refractivity contribution is 0.112. The quantitative estimate of drug-likeness (QED) is 0.725. The van der Waals surface area contributed by atoms with Gasteiger partial charge in [0, 0.05) is 10.1 Å². The van der Waals surface area contributed by atoms with Crippen molar-refractivity contribution in [3.05, 3.63) is 28.1 Å². The van der Waals surface area contributed by atoms with Gasteiger partial charge in [-0.2, -0.15) is 0 Å². The van der Waals surface area contributed by atoms with Gasteiger partial charge in [-0.05, 0) is 37.1 Å². The minimum absolute atomic E-state index is 0.664. The number of aryl methyl sites for hydroxylation is 2. The maximum Gasteiger partial charge on any atom is 0.163 e. The summed E-state index contributed by atoms with van der Waals surface area (Å²) in [5.74, 6) is 0.702. The first-order valence-electron chi connectivity index (χ1n) is 4.70. The van der Waals surface area contributed by atoms with Gasteiger partial charge < -0.3 is 4.74 Å². The predicted octanol–water partition coefficient (Wildman–Crippen LogP) is 3.34.